The average Bonchev–Trinajstić information content (AvgIpc) is 3.07. The van der Waals surface area contributed by atoms with Gasteiger partial charge < -0.3 is 28.4 Å². The van der Waals surface area contributed by atoms with Crippen molar-refractivity contribution < 1.29 is 76.4 Å². The van der Waals surface area contributed by atoms with Gasteiger partial charge >= 0.3 is 35.8 Å². The van der Waals surface area contributed by atoms with Gasteiger partial charge in [0.15, 0.2) is 36.5 Å². The first-order valence-corrected chi connectivity index (χ1v) is 16.0. The second-order valence-corrected chi connectivity index (χ2v) is 11.7. The minimum Gasteiger partial charge on any atom is -0.440 e. The van der Waals surface area contributed by atoms with E-state index in [1.807, 2.05) is 0 Å². The van der Waals surface area contributed by atoms with E-state index in [4.69, 9.17) is 28.4 Å². The Morgan fingerprint density at radius 1 is 0.481 bits per heavy atom. The molecule has 0 aliphatic carbocycles. The van der Waals surface area contributed by atoms with Crippen LogP contribution in [0.25, 0.3) is 0 Å². The molecule has 20 nitrogen and oxygen atoms in total. The molecule has 2 aliphatic heterocycles. The van der Waals surface area contributed by atoms with Crippen LogP contribution < -0.4 is 18.9 Å². The molecule has 2 fully saturated rings. The molecule has 0 atom stereocenters. The van der Waals surface area contributed by atoms with Crippen molar-refractivity contribution in [1.82, 2.24) is 19.6 Å². The molecule has 0 bridgehead atoms. The number of carbonyl (C=O) groups is 10. The number of imide groups is 2. The number of hydrogen-bond donors (Lipinski definition) is 0. The number of hydrogen-bond acceptors (Lipinski definition) is 18. The molecule has 2 aromatic rings. The van der Waals surface area contributed by atoms with Gasteiger partial charge in [-0.15, -0.1) is 0 Å². The fourth-order valence-electron chi connectivity index (χ4n) is 5.01. The lowest BCUT2D eigenvalue weighted by Gasteiger charge is -2.35. The lowest BCUT2D eigenvalue weighted by atomic mass is 10.2. The average molecular weight is 755 g/mol. The fraction of sp³-hybridized carbons (Fsp3) is 0.353. The zero-order chi connectivity index (χ0) is 39.7. The van der Waals surface area contributed by atoms with Crippen molar-refractivity contribution in [2.75, 3.05) is 52.7 Å². The van der Waals surface area contributed by atoms with Gasteiger partial charge in [0.2, 0.25) is 23.6 Å². The van der Waals surface area contributed by atoms with E-state index in [9.17, 15) is 47.9 Å². The molecule has 0 saturated carbocycles. The van der Waals surface area contributed by atoms with Crippen LogP contribution in [0.1, 0.15) is 48.4 Å². The first kappa shape index (κ1) is 40.2. The monoisotopic (exact) mass is 754 g/mol. The maximum atomic E-state index is 12.8. The van der Waals surface area contributed by atoms with Crippen LogP contribution in [0.4, 0.5) is 0 Å². The van der Waals surface area contributed by atoms with Crippen molar-refractivity contribution in [3.05, 3.63) is 47.5 Å². The maximum absolute atomic E-state index is 12.8. The zero-order valence-electron chi connectivity index (χ0n) is 29.4. The number of carbonyl (C=O) groups excluding carboxylic acids is 10. The first-order chi connectivity index (χ1) is 25.5. The predicted molar refractivity (Wildman–Crippen MR) is 175 cm³/mol. The van der Waals surface area contributed by atoms with Crippen LogP contribution in [0.2, 0.25) is 0 Å². The van der Waals surface area contributed by atoms with E-state index < -0.39 is 72.9 Å². The Labute approximate surface area is 306 Å². The fourth-order valence-corrected chi connectivity index (χ4v) is 5.01. The topological polar surface area (TPSA) is 239 Å². The summed E-state index contributed by atoms with van der Waals surface area (Å²) in [6.45, 7) is 2.32. The van der Waals surface area contributed by atoms with Gasteiger partial charge in [-0.05, 0) is 36.4 Å². The third-order valence-electron chi connectivity index (χ3n) is 7.40. The maximum Gasteiger partial charge on any atom is 0.340 e. The van der Waals surface area contributed by atoms with Gasteiger partial charge in [-0.25, -0.2) is 19.4 Å². The summed E-state index contributed by atoms with van der Waals surface area (Å²) in [5, 5.41) is 0. The molecular formula is C34H34N4O16. The molecule has 0 radical (unpaired) electrons. The molecule has 0 unspecified atom stereocenters. The Hall–Kier alpha value is -6.54. The molecule has 4 rings (SSSR count). The van der Waals surface area contributed by atoms with Crippen LogP contribution in [-0.2, 0) is 47.8 Å². The molecule has 0 N–H and O–H groups in total. The van der Waals surface area contributed by atoms with Crippen molar-refractivity contribution in [2.45, 2.75) is 27.7 Å². The summed E-state index contributed by atoms with van der Waals surface area (Å²) in [7, 11) is 0. The SMILES string of the molecule is CC(=O)Oc1ccc(C(=O)OCN2C(=O)CN(CCN3CC(=O)N(COC(=O)c4ccc(OC(C)=O)c(OC(C)=O)c4)C(=O)C3)CC2=O)cc1OC(C)=O. The summed E-state index contributed by atoms with van der Waals surface area (Å²) >= 11 is 0. The molecule has 2 aromatic carbocycles. The Balaban J connectivity index is 1.24. The number of piperazine rings is 2. The minimum atomic E-state index is -0.965. The summed E-state index contributed by atoms with van der Waals surface area (Å²) in [6.07, 6.45) is 0. The van der Waals surface area contributed by atoms with Crippen molar-refractivity contribution in [3.63, 3.8) is 0 Å². The molecule has 2 heterocycles. The standard InChI is InChI=1S/C34H34N4O16/c1-19(39)51-25-7-5-23(11-27(25)53-21(3)41)33(47)49-17-37-29(43)13-35(14-30(37)44)9-10-36-15-31(45)38(32(46)16-36)18-50-34(48)24-6-8-26(52-20(2)40)28(12-24)54-22(4)42/h5-8,11-12H,9-10,13-18H2,1-4H3. The number of esters is 6. The Kier molecular flexibility index (Phi) is 13.3. The highest BCUT2D eigenvalue weighted by molar-refractivity contribution is 6.01. The highest BCUT2D eigenvalue weighted by Crippen LogP contribution is 2.30. The number of rotatable bonds is 13. The zero-order valence-corrected chi connectivity index (χ0v) is 29.4. The molecule has 54 heavy (non-hydrogen) atoms. The Morgan fingerprint density at radius 3 is 1.07 bits per heavy atom. The van der Waals surface area contributed by atoms with Gasteiger partial charge in [-0.2, -0.15) is 0 Å². The van der Waals surface area contributed by atoms with Crippen molar-refractivity contribution >= 4 is 59.4 Å². The lowest BCUT2D eigenvalue weighted by molar-refractivity contribution is -0.159. The quantitative estimate of drug-likeness (QED) is 0.144. The van der Waals surface area contributed by atoms with Crippen molar-refractivity contribution in [2.24, 2.45) is 0 Å². The van der Waals surface area contributed by atoms with Crippen LogP contribution in [0.3, 0.4) is 0 Å². The van der Waals surface area contributed by atoms with Crippen molar-refractivity contribution in [3.8, 4) is 23.0 Å². The summed E-state index contributed by atoms with van der Waals surface area (Å²) < 4.78 is 30.2. The number of ether oxygens (including phenoxy) is 6. The molecule has 20 heteroatoms. The second-order valence-electron chi connectivity index (χ2n) is 11.7. The number of amides is 4. The van der Waals surface area contributed by atoms with Crippen LogP contribution >= 0.6 is 0 Å². The molecule has 0 aromatic heterocycles. The third kappa shape index (κ3) is 11.0. The highest BCUT2D eigenvalue weighted by atomic mass is 16.6. The van der Waals surface area contributed by atoms with E-state index in [-0.39, 0.29) is 73.4 Å². The largest absolute Gasteiger partial charge is 0.440 e. The van der Waals surface area contributed by atoms with Crippen LogP contribution in [-0.4, -0.2) is 132 Å². The molecule has 2 saturated heterocycles. The number of nitrogens with zero attached hydrogens (tertiary/aromatic N) is 4. The first-order valence-electron chi connectivity index (χ1n) is 16.0. The van der Waals surface area contributed by atoms with Crippen LogP contribution in [0.5, 0.6) is 23.0 Å². The molecule has 286 valence electrons. The van der Waals surface area contributed by atoms with Gasteiger partial charge in [0.25, 0.3) is 0 Å². The van der Waals surface area contributed by atoms with E-state index in [0.29, 0.717) is 0 Å². The minimum absolute atomic E-state index is 0.113. The third-order valence-corrected chi connectivity index (χ3v) is 7.40. The summed E-state index contributed by atoms with van der Waals surface area (Å²) in [5.74, 6) is -8.20. The second kappa shape index (κ2) is 17.8. The van der Waals surface area contributed by atoms with Crippen LogP contribution in [0.15, 0.2) is 36.4 Å². The Morgan fingerprint density at radius 2 is 0.778 bits per heavy atom. The van der Waals surface area contributed by atoms with E-state index in [1.165, 1.54) is 34.1 Å². The summed E-state index contributed by atoms with van der Waals surface area (Å²) in [5.41, 5.74) is -0.240. The van der Waals surface area contributed by atoms with Crippen molar-refractivity contribution in [1.29, 1.82) is 0 Å². The lowest BCUT2D eigenvalue weighted by Crippen LogP contribution is -2.58. The van der Waals surface area contributed by atoms with Gasteiger partial charge in [-0.3, -0.25) is 48.2 Å². The van der Waals surface area contributed by atoms with E-state index >= 15 is 0 Å². The molecular weight excluding hydrogens is 720 g/mol. The van der Waals surface area contributed by atoms with E-state index in [2.05, 4.69) is 0 Å². The highest BCUT2D eigenvalue weighted by Gasteiger charge is 2.35. The summed E-state index contributed by atoms with van der Waals surface area (Å²) in [6, 6.07) is 7.09. The number of benzene rings is 2. The van der Waals surface area contributed by atoms with E-state index in [1.54, 1.807) is 0 Å². The molecule has 0 spiro atoms. The molecule has 4 amide bonds. The van der Waals surface area contributed by atoms with Crippen LogP contribution in [0, 0.1) is 0 Å². The summed E-state index contributed by atoms with van der Waals surface area (Å²) in [4.78, 5) is 127. The smallest absolute Gasteiger partial charge is 0.340 e. The van der Waals surface area contributed by atoms with E-state index in [0.717, 1.165) is 49.6 Å². The van der Waals surface area contributed by atoms with Gasteiger partial charge in [0.05, 0.1) is 37.3 Å². The van der Waals surface area contributed by atoms with Gasteiger partial charge in [-0.1, -0.05) is 0 Å². The normalized spacial score (nSPS) is 15.0. The van der Waals surface area contributed by atoms with Gasteiger partial charge in [0.1, 0.15) is 0 Å². The molecule has 2 aliphatic rings. The van der Waals surface area contributed by atoms with Gasteiger partial charge in [0, 0.05) is 40.8 Å². The Bertz CT molecular complexity index is 1740. The predicted octanol–water partition coefficient (Wildman–Crippen LogP) is -0.342.